The Hall–Kier alpha value is -1.92. The number of hydrogen-bond donors (Lipinski definition) is 1. The van der Waals surface area contributed by atoms with E-state index < -0.39 is 6.04 Å². The first kappa shape index (κ1) is 19.4. The van der Waals surface area contributed by atoms with Gasteiger partial charge >= 0.3 is 0 Å². The Labute approximate surface area is 150 Å². The first-order valence-corrected chi connectivity index (χ1v) is 9.37. The Morgan fingerprint density at radius 1 is 1.32 bits per heavy atom. The summed E-state index contributed by atoms with van der Waals surface area (Å²) in [4.78, 5) is 26.1. The number of piperidine rings is 1. The van der Waals surface area contributed by atoms with Gasteiger partial charge in [-0.15, -0.1) is 5.10 Å². The molecule has 1 atom stereocenters. The second-order valence-corrected chi connectivity index (χ2v) is 7.38. The van der Waals surface area contributed by atoms with E-state index in [-0.39, 0.29) is 11.8 Å². The van der Waals surface area contributed by atoms with Gasteiger partial charge in [0.2, 0.25) is 11.8 Å². The molecule has 1 aliphatic heterocycles. The molecule has 0 saturated carbocycles. The second kappa shape index (κ2) is 8.97. The van der Waals surface area contributed by atoms with Crippen LogP contribution in [-0.2, 0) is 16.0 Å². The Morgan fingerprint density at radius 3 is 2.56 bits per heavy atom. The van der Waals surface area contributed by atoms with Crippen LogP contribution < -0.4 is 5.32 Å². The van der Waals surface area contributed by atoms with E-state index in [1.165, 1.54) is 6.92 Å². The first-order valence-electron chi connectivity index (χ1n) is 9.37. The van der Waals surface area contributed by atoms with Gasteiger partial charge in [-0.05, 0) is 31.6 Å². The summed E-state index contributed by atoms with van der Waals surface area (Å²) in [6, 6.07) is -0.122. The van der Waals surface area contributed by atoms with Crippen molar-refractivity contribution in [1.29, 1.82) is 0 Å². The molecule has 1 aromatic rings. The summed E-state index contributed by atoms with van der Waals surface area (Å²) >= 11 is 0. The van der Waals surface area contributed by atoms with E-state index >= 15 is 0 Å². The number of hydrogen-bond acceptors (Lipinski definition) is 4. The molecule has 1 fully saturated rings. The third-order valence-corrected chi connectivity index (χ3v) is 4.60. The van der Waals surface area contributed by atoms with Crippen molar-refractivity contribution in [3.05, 3.63) is 11.9 Å². The minimum absolute atomic E-state index is 0.0348. The quantitative estimate of drug-likeness (QED) is 0.816. The van der Waals surface area contributed by atoms with Crippen molar-refractivity contribution in [2.24, 2.45) is 5.92 Å². The maximum atomic E-state index is 12.8. The van der Waals surface area contributed by atoms with Crippen LogP contribution in [0, 0.1) is 5.92 Å². The van der Waals surface area contributed by atoms with Gasteiger partial charge in [-0.3, -0.25) is 9.59 Å². The van der Waals surface area contributed by atoms with Gasteiger partial charge in [0.05, 0.1) is 11.7 Å². The Bertz CT molecular complexity index is 576. The Morgan fingerprint density at radius 2 is 2.00 bits per heavy atom. The fourth-order valence-electron chi connectivity index (χ4n) is 3.37. The number of nitrogens with zero attached hydrogens (tertiary/aromatic N) is 4. The molecule has 0 radical (unpaired) electrons. The molecular formula is C18H31N5O2. The van der Waals surface area contributed by atoms with Crippen molar-refractivity contribution in [2.45, 2.75) is 71.9 Å². The highest BCUT2D eigenvalue weighted by Crippen LogP contribution is 2.23. The predicted molar refractivity (Wildman–Crippen MR) is 95.9 cm³/mol. The van der Waals surface area contributed by atoms with Gasteiger partial charge in [-0.25, -0.2) is 4.68 Å². The van der Waals surface area contributed by atoms with Crippen LogP contribution in [0.3, 0.4) is 0 Å². The molecule has 0 spiro atoms. The molecule has 140 valence electrons. The van der Waals surface area contributed by atoms with Crippen LogP contribution in [0.4, 0.5) is 0 Å². The number of nitrogens with one attached hydrogen (secondary N) is 1. The number of carbonyl (C=O) groups excluding carboxylic acids is 2. The number of amides is 2. The summed E-state index contributed by atoms with van der Waals surface area (Å²) in [6.45, 7) is 9.11. The largest absolute Gasteiger partial charge is 0.345 e. The number of carbonyl (C=O) groups is 2. The van der Waals surface area contributed by atoms with Gasteiger partial charge in [-0.1, -0.05) is 32.4 Å². The lowest BCUT2D eigenvalue weighted by Gasteiger charge is -2.34. The third kappa shape index (κ3) is 5.54. The van der Waals surface area contributed by atoms with E-state index in [0.717, 1.165) is 31.4 Å². The lowest BCUT2D eigenvalue weighted by molar-refractivity contribution is -0.137. The molecule has 0 aliphatic carbocycles. The molecule has 1 aliphatic rings. The van der Waals surface area contributed by atoms with Crippen molar-refractivity contribution in [3.63, 3.8) is 0 Å². The van der Waals surface area contributed by atoms with Crippen LogP contribution in [0.2, 0.25) is 0 Å². The standard InChI is InChI=1S/C18H31N5O2/c1-5-6-15-12-23(21-20-15)16-7-9-22(10-8-16)18(25)17(11-13(2)3)19-14(4)24/h12-13,16-17H,5-11H2,1-4H3,(H,19,24)/t17-/m0/s1. The molecule has 7 nitrogen and oxygen atoms in total. The lowest BCUT2D eigenvalue weighted by Crippen LogP contribution is -2.51. The maximum absolute atomic E-state index is 12.8. The molecule has 1 N–H and O–H groups in total. The van der Waals surface area contributed by atoms with E-state index in [1.807, 2.05) is 15.8 Å². The molecule has 1 aromatic heterocycles. The second-order valence-electron chi connectivity index (χ2n) is 7.38. The van der Waals surface area contributed by atoms with Crippen molar-refractivity contribution < 1.29 is 9.59 Å². The highest BCUT2D eigenvalue weighted by atomic mass is 16.2. The molecule has 1 saturated heterocycles. The smallest absolute Gasteiger partial charge is 0.245 e. The summed E-state index contributed by atoms with van der Waals surface area (Å²) in [6.07, 6.45) is 6.45. The van der Waals surface area contributed by atoms with Crippen molar-refractivity contribution in [2.75, 3.05) is 13.1 Å². The summed E-state index contributed by atoms with van der Waals surface area (Å²) < 4.78 is 1.95. The van der Waals surface area contributed by atoms with Crippen molar-refractivity contribution in [3.8, 4) is 0 Å². The van der Waals surface area contributed by atoms with Crippen LogP contribution in [0.5, 0.6) is 0 Å². The fourth-order valence-corrected chi connectivity index (χ4v) is 3.37. The first-order chi connectivity index (χ1) is 11.9. The molecule has 2 amide bonds. The highest BCUT2D eigenvalue weighted by molar-refractivity contribution is 5.86. The summed E-state index contributed by atoms with van der Waals surface area (Å²) in [7, 11) is 0. The minimum atomic E-state index is -0.420. The molecule has 2 rings (SSSR count). The molecular weight excluding hydrogens is 318 g/mol. The molecule has 7 heteroatoms. The molecule has 25 heavy (non-hydrogen) atoms. The van der Waals surface area contributed by atoms with Gasteiger partial charge in [-0.2, -0.15) is 0 Å². The number of rotatable bonds is 7. The summed E-state index contributed by atoms with van der Waals surface area (Å²) in [5, 5.41) is 11.3. The third-order valence-electron chi connectivity index (χ3n) is 4.60. The van der Waals surface area contributed by atoms with Gasteiger partial charge in [0.25, 0.3) is 0 Å². The van der Waals surface area contributed by atoms with Crippen molar-refractivity contribution >= 4 is 11.8 Å². The van der Waals surface area contributed by atoms with E-state index in [1.54, 1.807) is 0 Å². The van der Waals surface area contributed by atoms with E-state index in [4.69, 9.17) is 0 Å². The summed E-state index contributed by atoms with van der Waals surface area (Å²) in [5.74, 6) is 0.234. The summed E-state index contributed by atoms with van der Waals surface area (Å²) in [5.41, 5.74) is 1.03. The number of likely N-dealkylation sites (tertiary alicyclic amines) is 1. The zero-order valence-electron chi connectivity index (χ0n) is 15.9. The zero-order chi connectivity index (χ0) is 18.4. The Kier molecular flexibility index (Phi) is 6.96. The number of aromatic nitrogens is 3. The Balaban J connectivity index is 1.92. The van der Waals surface area contributed by atoms with Crippen LogP contribution in [0.15, 0.2) is 6.20 Å². The average Bonchev–Trinajstić information content (AvgIpc) is 3.02. The monoisotopic (exact) mass is 349 g/mol. The molecule has 2 heterocycles. The maximum Gasteiger partial charge on any atom is 0.245 e. The van der Waals surface area contributed by atoms with Gasteiger partial charge < -0.3 is 10.2 Å². The van der Waals surface area contributed by atoms with Crippen LogP contribution in [0.1, 0.15) is 65.1 Å². The normalized spacial score (nSPS) is 16.9. The van der Waals surface area contributed by atoms with Crippen LogP contribution in [-0.4, -0.2) is 50.8 Å². The fraction of sp³-hybridized carbons (Fsp3) is 0.778. The van der Waals surface area contributed by atoms with E-state index in [0.29, 0.717) is 31.5 Å². The van der Waals surface area contributed by atoms with Gasteiger partial charge in [0.1, 0.15) is 6.04 Å². The predicted octanol–water partition coefficient (Wildman–Crippen LogP) is 1.94. The average molecular weight is 349 g/mol. The minimum Gasteiger partial charge on any atom is -0.345 e. The highest BCUT2D eigenvalue weighted by Gasteiger charge is 2.30. The van der Waals surface area contributed by atoms with Gasteiger partial charge in [0, 0.05) is 26.2 Å². The van der Waals surface area contributed by atoms with Crippen LogP contribution >= 0.6 is 0 Å². The SMILES string of the molecule is CCCc1cn(C2CCN(C(=O)[C@H](CC(C)C)NC(C)=O)CC2)nn1. The van der Waals surface area contributed by atoms with Crippen molar-refractivity contribution in [1.82, 2.24) is 25.2 Å². The topological polar surface area (TPSA) is 80.1 Å². The lowest BCUT2D eigenvalue weighted by atomic mass is 10.00. The van der Waals surface area contributed by atoms with E-state index in [9.17, 15) is 9.59 Å². The molecule has 0 aromatic carbocycles. The van der Waals surface area contributed by atoms with Crippen LogP contribution in [0.25, 0.3) is 0 Å². The zero-order valence-corrected chi connectivity index (χ0v) is 15.9. The van der Waals surface area contributed by atoms with Gasteiger partial charge in [0.15, 0.2) is 0 Å². The molecule has 0 unspecified atom stereocenters. The molecule has 0 bridgehead atoms. The number of aryl methyl sites for hydroxylation is 1. The van der Waals surface area contributed by atoms with E-state index in [2.05, 4.69) is 36.4 Å².